The second kappa shape index (κ2) is 4.60. The van der Waals surface area contributed by atoms with Crippen LogP contribution in [0.1, 0.15) is 23.1 Å². The molecular formula is C13H11FN2O3S. The van der Waals surface area contributed by atoms with E-state index in [4.69, 9.17) is 4.42 Å². The second-order valence-corrected chi connectivity index (χ2v) is 5.48. The lowest BCUT2D eigenvalue weighted by Gasteiger charge is -2.05. The molecule has 0 aliphatic carbocycles. The molecule has 2 aromatic rings. The molecule has 0 saturated carbocycles. The molecule has 2 heterocycles. The van der Waals surface area contributed by atoms with Crippen molar-refractivity contribution >= 4 is 23.4 Å². The highest BCUT2D eigenvalue weighted by Gasteiger charge is 2.30. The molecule has 0 spiro atoms. The highest BCUT2D eigenvalue weighted by molar-refractivity contribution is 7.99. The van der Waals surface area contributed by atoms with E-state index in [0.717, 1.165) is 23.5 Å². The molecule has 0 saturated heterocycles. The first-order valence-corrected chi connectivity index (χ1v) is 6.71. The number of nitrogens with zero attached hydrogens (tertiary/aromatic N) is 1. The zero-order valence-electron chi connectivity index (χ0n) is 10.7. The zero-order valence-corrected chi connectivity index (χ0v) is 11.5. The lowest BCUT2D eigenvalue weighted by molar-refractivity contribution is -0.123. The van der Waals surface area contributed by atoms with E-state index in [2.05, 4.69) is 10.3 Å². The molecule has 1 aliphatic rings. The maximum atomic E-state index is 14.0. The minimum absolute atomic E-state index is 0.247. The summed E-state index contributed by atoms with van der Waals surface area (Å²) in [5, 5.41) is 12.4. The number of hydrogen-bond acceptors (Lipinski definition) is 5. The summed E-state index contributed by atoms with van der Waals surface area (Å²) in [5.74, 6) is -0.403. The number of hydrogen-bond donors (Lipinski definition) is 2. The van der Waals surface area contributed by atoms with Crippen molar-refractivity contribution in [3.63, 3.8) is 0 Å². The molecule has 0 bridgehead atoms. The number of anilines is 1. The van der Waals surface area contributed by atoms with E-state index < -0.39 is 17.8 Å². The van der Waals surface area contributed by atoms with Gasteiger partial charge in [-0.3, -0.25) is 4.79 Å². The number of aromatic nitrogens is 1. The van der Waals surface area contributed by atoms with E-state index in [1.54, 1.807) is 13.8 Å². The van der Waals surface area contributed by atoms with Gasteiger partial charge in [0.05, 0.1) is 10.6 Å². The number of halogens is 1. The SMILES string of the molecule is Cc1nc(Sc2cc3c(cc2F)C(O)C(=O)N3)oc1C. The fraction of sp³-hybridized carbons (Fsp3) is 0.231. The van der Waals surface area contributed by atoms with Gasteiger partial charge in [-0.1, -0.05) is 0 Å². The molecule has 0 fully saturated rings. The van der Waals surface area contributed by atoms with Gasteiger partial charge in [-0.15, -0.1) is 0 Å². The van der Waals surface area contributed by atoms with Crippen molar-refractivity contribution in [1.29, 1.82) is 0 Å². The van der Waals surface area contributed by atoms with Crippen molar-refractivity contribution in [3.8, 4) is 0 Å². The maximum absolute atomic E-state index is 14.0. The van der Waals surface area contributed by atoms with E-state index in [1.165, 1.54) is 6.07 Å². The zero-order chi connectivity index (χ0) is 14.4. The van der Waals surface area contributed by atoms with Crippen LogP contribution in [0.25, 0.3) is 0 Å². The maximum Gasteiger partial charge on any atom is 0.261 e. The molecule has 1 aromatic carbocycles. The predicted molar refractivity (Wildman–Crippen MR) is 70.1 cm³/mol. The van der Waals surface area contributed by atoms with Gasteiger partial charge in [0, 0.05) is 11.3 Å². The second-order valence-electron chi connectivity index (χ2n) is 4.49. The van der Waals surface area contributed by atoms with E-state index in [0.29, 0.717) is 16.7 Å². The first-order chi connectivity index (χ1) is 9.45. The van der Waals surface area contributed by atoms with Crippen molar-refractivity contribution in [2.75, 3.05) is 5.32 Å². The van der Waals surface area contributed by atoms with Crippen LogP contribution in [0, 0.1) is 19.7 Å². The van der Waals surface area contributed by atoms with E-state index >= 15 is 0 Å². The van der Waals surface area contributed by atoms with E-state index in [9.17, 15) is 14.3 Å². The Labute approximate surface area is 118 Å². The number of oxazole rings is 1. The number of aliphatic hydroxyl groups is 1. The third-order valence-corrected chi connectivity index (χ3v) is 3.99. The summed E-state index contributed by atoms with van der Waals surface area (Å²) in [5.41, 5.74) is 1.40. The topological polar surface area (TPSA) is 75.4 Å². The molecule has 5 nitrogen and oxygen atoms in total. The number of amides is 1. The van der Waals surface area contributed by atoms with Crippen LogP contribution in [0.15, 0.2) is 26.7 Å². The van der Waals surface area contributed by atoms with Gasteiger partial charge in [0.15, 0.2) is 6.10 Å². The van der Waals surface area contributed by atoms with Crippen LogP contribution >= 0.6 is 11.8 Å². The Balaban J connectivity index is 1.96. The van der Waals surface area contributed by atoms with Crippen molar-refractivity contribution in [2.24, 2.45) is 0 Å². The fourth-order valence-electron chi connectivity index (χ4n) is 1.90. The summed E-state index contributed by atoms with van der Waals surface area (Å²) in [6.45, 7) is 3.58. The first kappa shape index (κ1) is 13.1. The highest BCUT2D eigenvalue weighted by Crippen LogP contribution is 2.38. The summed E-state index contributed by atoms with van der Waals surface area (Å²) in [6.07, 6.45) is -1.32. The minimum atomic E-state index is -1.32. The fourth-order valence-corrected chi connectivity index (χ4v) is 2.78. The predicted octanol–water partition coefficient (Wildman–Crippen LogP) is 2.57. The molecule has 104 valence electrons. The van der Waals surface area contributed by atoms with Crippen LogP contribution in [0.3, 0.4) is 0 Å². The summed E-state index contributed by atoms with van der Waals surface area (Å²) < 4.78 is 19.4. The van der Waals surface area contributed by atoms with Gasteiger partial charge in [-0.25, -0.2) is 9.37 Å². The molecule has 7 heteroatoms. The van der Waals surface area contributed by atoms with Crippen molar-refractivity contribution in [1.82, 2.24) is 4.98 Å². The Hall–Kier alpha value is -1.86. The van der Waals surface area contributed by atoms with Gasteiger partial charge >= 0.3 is 0 Å². The summed E-state index contributed by atoms with van der Waals surface area (Å²) >= 11 is 1.03. The number of aliphatic hydroxyl groups excluding tert-OH is 1. The molecule has 1 aliphatic heterocycles. The average molecular weight is 294 g/mol. The Bertz CT molecular complexity index is 694. The number of aryl methyl sites for hydroxylation is 2. The van der Waals surface area contributed by atoms with Crippen molar-refractivity contribution < 1.29 is 18.7 Å². The molecule has 0 radical (unpaired) electrons. The number of benzene rings is 1. The summed E-state index contributed by atoms with van der Waals surface area (Å²) in [4.78, 5) is 15.8. The lowest BCUT2D eigenvalue weighted by atomic mass is 10.1. The van der Waals surface area contributed by atoms with Gasteiger partial charge < -0.3 is 14.8 Å². The number of nitrogens with one attached hydrogen (secondary N) is 1. The van der Waals surface area contributed by atoms with Crippen molar-refractivity contribution in [2.45, 2.75) is 30.1 Å². The van der Waals surface area contributed by atoms with Gasteiger partial charge in [-0.2, -0.15) is 0 Å². The van der Waals surface area contributed by atoms with E-state index in [1.807, 2.05) is 0 Å². The van der Waals surface area contributed by atoms with Crippen LogP contribution in [-0.2, 0) is 4.79 Å². The number of fused-ring (bicyclic) bond motifs is 1. The molecule has 1 amide bonds. The monoisotopic (exact) mass is 294 g/mol. The molecule has 20 heavy (non-hydrogen) atoms. The van der Waals surface area contributed by atoms with Gasteiger partial charge in [0.25, 0.3) is 11.1 Å². The molecule has 1 atom stereocenters. The average Bonchev–Trinajstić information content (AvgIpc) is 2.83. The number of carbonyl (C=O) groups is 1. The Morgan fingerprint density at radius 3 is 2.85 bits per heavy atom. The number of carbonyl (C=O) groups excluding carboxylic acids is 1. The third-order valence-electron chi connectivity index (χ3n) is 3.11. The molecule has 2 N–H and O–H groups in total. The normalized spacial score (nSPS) is 17.2. The largest absolute Gasteiger partial charge is 0.436 e. The third kappa shape index (κ3) is 2.08. The van der Waals surface area contributed by atoms with Crippen LogP contribution in [0.5, 0.6) is 0 Å². The highest BCUT2D eigenvalue weighted by atomic mass is 32.2. The minimum Gasteiger partial charge on any atom is -0.436 e. The van der Waals surface area contributed by atoms with E-state index in [-0.39, 0.29) is 10.5 Å². The molecule has 1 aromatic heterocycles. The molecular weight excluding hydrogens is 283 g/mol. The van der Waals surface area contributed by atoms with Crippen LogP contribution in [-0.4, -0.2) is 16.0 Å². The van der Waals surface area contributed by atoms with Crippen LogP contribution in [0.2, 0.25) is 0 Å². The summed E-state index contributed by atoms with van der Waals surface area (Å²) in [7, 11) is 0. The Morgan fingerprint density at radius 2 is 2.20 bits per heavy atom. The standard InChI is InChI=1S/C13H11FN2O3S/c1-5-6(2)19-13(15-5)20-10-4-9-7(3-8(10)14)11(17)12(18)16-9/h3-4,11,17H,1-2H3,(H,16,18). The number of rotatable bonds is 2. The Kier molecular flexibility index (Phi) is 3.02. The van der Waals surface area contributed by atoms with Crippen LogP contribution in [0.4, 0.5) is 10.1 Å². The Morgan fingerprint density at radius 1 is 1.45 bits per heavy atom. The van der Waals surface area contributed by atoms with Crippen LogP contribution < -0.4 is 5.32 Å². The van der Waals surface area contributed by atoms with Gasteiger partial charge in [0.2, 0.25) is 0 Å². The molecule has 3 rings (SSSR count). The quantitative estimate of drug-likeness (QED) is 0.890. The van der Waals surface area contributed by atoms with Gasteiger partial charge in [0.1, 0.15) is 11.6 Å². The van der Waals surface area contributed by atoms with Crippen molar-refractivity contribution in [3.05, 3.63) is 35.0 Å². The summed E-state index contributed by atoms with van der Waals surface area (Å²) in [6, 6.07) is 2.63. The smallest absolute Gasteiger partial charge is 0.261 e. The first-order valence-electron chi connectivity index (χ1n) is 5.90. The lowest BCUT2D eigenvalue weighted by Crippen LogP contribution is -2.10. The van der Waals surface area contributed by atoms with Gasteiger partial charge in [-0.05, 0) is 37.7 Å². The molecule has 1 unspecified atom stereocenters.